The number of allylic oxidation sites excluding steroid dienone is 1. The summed E-state index contributed by atoms with van der Waals surface area (Å²) in [5.74, 6) is -1.15. The van der Waals surface area contributed by atoms with Gasteiger partial charge in [0.15, 0.2) is 0 Å². The first kappa shape index (κ1) is 26.7. The second-order valence-electron chi connectivity index (χ2n) is 9.23. The van der Waals surface area contributed by atoms with Crippen molar-refractivity contribution in [2.24, 2.45) is 0 Å². The third kappa shape index (κ3) is 5.62. The number of thioether (sulfide) groups is 1. The Hall–Kier alpha value is -3.89. The Morgan fingerprint density at radius 2 is 1.85 bits per heavy atom. The highest BCUT2D eigenvalue weighted by atomic mass is 32.2. The summed E-state index contributed by atoms with van der Waals surface area (Å²) in [6, 6.07) is 16.1. The zero-order valence-electron chi connectivity index (χ0n) is 21.4. The molecule has 1 fully saturated rings. The number of carboxylic acids is 1. The van der Waals surface area contributed by atoms with E-state index in [0.29, 0.717) is 12.0 Å². The number of hydrogen-bond donors (Lipinski definition) is 2. The number of nitrogens with one attached hydrogen (secondary N) is 1. The van der Waals surface area contributed by atoms with Crippen molar-refractivity contribution in [3.8, 4) is 5.75 Å². The van der Waals surface area contributed by atoms with E-state index in [9.17, 15) is 19.5 Å². The SMILES string of the molecule is COc1ccc(CC2S[C@@H]3C(NC(=O)Cc4ccccc4)C(=O)N3C(C(=O)O)=C2C=Cc2scnc2C)cc1. The van der Waals surface area contributed by atoms with Gasteiger partial charge in [-0.05, 0) is 48.3 Å². The van der Waals surface area contributed by atoms with Crippen LogP contribution in [0.15, 0.2) is 77.5 Å². The predicted molar refractivity (Wildman–Crippen MR) is 151 cm³/mol. The number of carboxylic acid groups (broad SMARTS) is 1. The smallest absolute Gasteiger partial charge is 0.352 e. The molecule has 2 amide bonds. The molecule has 200 valence electrons. The predicted octanol–water partition coefficient (Wildman–Crippen LogP) is 4.07. The van der Waals surface area contributed by atoms with E-state index in [4.69, 9.17) is 4.74 Å². The van der Waals surface area contributed by atoms with E-state index in [0.717, 1.165) is 27.4 Å². The lowest BCUT2D eigenvalue weighted by Gasteiger charge is -2.51. The molecule has 2 N–H and O–H groups in total. The van der Waals surface area contributed by atoms with Gasteiger partial charge >= 0.3 is 5.97 Å². The fourth-order valence-electron chi connectivity index (χ4n) is 4.70. The van der Waals surface area contributed by atoms with Gasteiger partial charge in [0.05, 0.1) is 24.7 Å². The zero-order chi connectivity index (χ0) is 27.5. The number of fused-ring (bicyclic) bond motifs is 1. The number of aryl methyl sites for hydroxylation is 1. The van der Waals surface area contributed by atoms with E-state index in [2.05, 4.69) is 10.3 Å². The molecule has 0 spiro atoms. The molecule has 2 aromatic carbocycles. The lowest BCUT2D eigenvalue weighted by Crippen LogP contribution is -2.71. The van der Waals surface area contributed by atoms with Crippen molar-refractivity contribution < 1.29 is 24.2 Å². The van der Waals surface area contributed by atoms with Gasteiger partial charge in [-0.15, -0.1) is 23.1 Å². The molecule has 2 unspecified atom stereocenters. The van der Waals surface area contributed by atoms with Crippen LogP contribution >= 0.6 is 23.1 Å². The van der Waals surface area contributed by atoms with Gasteiger partial charge in [-0.25, -0.2) is 9.78 Å². The number of β-lactam (4-membered cyclic amide) rings is 1. The van der Waals surface area contributed by atoms with Crippen LogP contribution in [0.4, 0.5) is 0 Å². The van der Waals surface area contributed by atoms with Crippen LogP contribution in [0.5, 0.6) is 5.75 Å². The van der Waals surface area contributed by atoms with Crippen LogP contribution in [0.1, 0.15) is 21.7 Å². The highest BCUT2D eigenvalue weighted by molar-refractivity contribution is 8.00. The van der Waals surface area contributed by atoms with Gasteiger partial charge in [0.2, 0.25) is 5.91 Å². The number of amides is 2. The number of ether oxygens (including phenoxy) is 1. The fraction of sp³-hybridized carbons (Fsp3) is 0.241. The maximum atomic E-state index is 13.2. The number of hydrogen-bond acceptors (Lipinski definition) is 7. The van der Waals surface area contributed by atoms with Crippen molar-refractivity contribution in [3.05, 3.63) is 99.2 Å². The van der Waals surface area contributed by atoms with Crippen LogP contribution in [0.3, 0.4) is 0 Å². The number of thiazole rings is 1. The Kier molecular flexibility index (Phi) is 7.85. The fourth-order valence-corrected chi connectivity index (χ4v) is 7.02. The van der Waals surface area contributed by atoms with Gasteiger partial charge in [-0.2, -0.15) is 0 Å². The minimum atomic E-state index is -1.18. The Morgan fingerprint density at radius 1 is 1.10 bits per heavy atom. The number of benzene rings is 2. The number of aliphatic carboxylic acids is 1. The zero-order valence-corrected chi connectivity index (χ0v) is 23.0. The molecule has 0 bridgehead atoms. The molecule has 10 heteroatoms. The number of carbonyl (C=O) groups is 3. The van der Waals surface area contributed by atoms with Gasteiger partial charge in [0.25, 0.3) is 5.91 Å². The Balaban J connectivity index is 1.45. The van der Waals surface area contributed by atoms with Gasteiger partial charge < -0.3 is 15.2 Å². The molecule has 0 saturated carbocycles. The first-order valence-electron chi connectivity index (χ1n) is 12.4. The standard InChI is InChI=1S/C29H27N3O5S2/c1-17-22(38-16-30-17)13-12-21-23(14-19-8-10-20(37-2)11-9-19)39-28-25(27(34)32(28)26(21)29(35)36)31-24(33)15-18-6-4-3-5-7-18/h3-13,16,23,25,28H,14-15H2,1-2H3,(H,31,33)(H,35,36)/t23?,25?,28-/m1/s1. The molecular formula is C29H27N3O5S2. The molecule has 2 aliphatic rings. The van der Waals surface area contributed by atoms with Crippen molar-refractivity contribution in [3.63, 3.8) is 0 Å². The van der Waals surface area contributed by atoms with E-state index < -0.39 is 23.3 Å². The normalized spacial score (nSPS) is 20.5. The molecular weight excluding hydrogens is 534 g/mol. The lowest BCUT2D eigenvalue weighted by atomic mass is 9.96. The quantitative estimate of drug-likeness (QED) is 0.379. The van der Waals surface area contributed by atoms with Crippen LogP contribution in [-0.4, -0.2) is 56.5 Å². The molecule has 39 heavy (non-hydrogen) atoms. The average molecular weight is 562 g/mol. The van der Waals surface area contributed by atoms with E-state index >= 15 is 0 Å². The Bertz CT molecular complexity index is 1450. The Labute approximate surface area is 234 Å². The van der Waals surface area contributed by atoms with Crippen LogP contribution in [-0.2, 0) is 27.2 Å². The lowest BCUT2D eigenvalue weighted by molar-refractivity contribution is -0.150. The van der Waals surface area contributed by atoms with Gasteiger partial charge in [0.1, 0.15) is 22.9 Å². The molecule has 3 atom stereocenters. The van der Waals surface area contributed by atoms with Gasteiger partial charge in [-0.1, -0.05) is 48.5 Å². The van der Waals surface area contributed by atoms with Crippen LogP contribution in [0, 0.1) is 6.92 Å². The number of carbonyl (C=O) groups excluding carboxylic acids is 2. The molecule has 3 heterocycles. The molecule has 1 aromatic heterocycles. The summed E-state index contributed by atoms with van der Waals surface area (Å²) in [5, 5.41) is 12.3. The first-order chi connectivity index (χ1) is 18.9. The average Bonchev–Trinajstić information content (AvgIpc) is 3.35. The molecule has 8 nitrogen and oxygen atoms in total. The van der Waals surface area contributed by atoms with Crippen LogP contribution in [0.2, 0.25) is 0 Å². The maximum absolute atomic E-state index is 13.2. The highest BCUT2D eigenvalue weighted by Crippen LogP contribution is 2.46. The van der Waals surface area contributed by atoms with Crippen molar-refractivity contribution in [1.29, 1.82) is 0 Å². The molecule has 0 aliphatic carbocycles. The number of rotatable bonds is 9. The highest BCUT2D eigenvalue weighted by Gasteiger charge is 2.55. The minimum Gasteiger partial charge on any atom is -0.497 e. The van der Waals surface area contributed by atoms with Crippen molar-refractivity contribution in [2.45, 2.75) is 36.4 Å². The topological polar surface area (TPSA) is 109 Å². The minimum absolute atomic E-state index is 0.0470. The molecule has 0 radical (unpaired) electrons. The summed E-state index contributed by atoms with van der Waals surface area (Å²) in [6.07, 6.45) is 4.32. The first-order valence-corrected chi connectivity index (χ1v) is 14.2. The van der Waals surface area contributed by atoms with Crippen LogP contribution < -0.4 is 10.1 Å². The molecule has 1 saturated heterocycles. The Morgan fingerprint density at radius 3 is 2.49 bits per heavy atom. The van der Waals surface area contributed by atoms with Crippen molar-refractivity contribution >= 4 is 47.0 Å². The summed E-state index contributed by atoms with van der Waals surface area (Å²) in [4.78, 5) is 45.1. The summed E-state index contributed by atoms with van der Waals surface area (Å²) in [7, 11) is 1.60. The van der Waals surface area contributed by atoms with E-state index in [1.165, 1.54) is 28.0 Å². The van der Waals surface area contributed by atoms with E-state index in [1.807, 2.05) is 67.6 Å². The molecule has 2 aliphatic heterocycles. The summed E-state index contributed by atoms with van der Waals surface area (Å²) in [5.41, 5.74) is 4.93. The summed E-state index contributed by atoms with van der Waals surface area (Å²) >= 11 is 2.96. The maximum Gasteiger partial charge on any atom is 0.352 e. The van der Waals surface area contributed by atoms with E-state index in [-0.39, 0.29) is 23.3 Å². The molecule has 5 rings (SSSR count). The van der Waals surface area contributed by atoms with Crippen LogP contribution in [0.25, 0.3) is 6.08 Å². The van der Waals surface area contributed by atoms with Crippen molar-refractivity contribution in [2.75, 3.05) is 7.11 Å². The number of aromatic nitrogens is 1. The third-order valence-corrected chi connectivity index (χ3v) is 9.12. The van der Waals surface area contributed by atoms with Gasteiger partial charge in [0, 0.05) is 10.1 Å². The second kappa shape index (κ2) is 11.5. The third-order valence-electron chi connectivity index (χ3n) is 6.71. The number of nitrogens with zero attached hydrogens (tertiary/aromatic N) is 2. The second-order valence-corrected chi connectivity index (χ2v) is 11.4. The largest absolute Gasteiger partial charge is 0.497 e. The summed E-state index contributed by atoms with van der Waals surface area (Å²) in [6.45, 7) is 1.89. The summed E-state index contributed by atoms with van der Waals surface area (Å²) < 4.78 is 5.27. The van der Waals surface area contributed by atoms with E-state index in [1.54, 1.807) is 18.7 Å². The van der Waals surface area contributed by atoms with Crippen molar-refractivity contribution in [1.82, 2.24) is 15.2 Å². The number of methoxy groups -OCH3 is 1. The molecule has 3 aromatic rings. The monoisotopic (exact) mass is 561 g/mol. The van der Waals surface area contributed by atoms with Gasteiger partial charge in [-0.3, -0.25) is 14.5 Å².